The van der Waals surface area contributed by atoms with E-state index in [1.165, 1.54) is 18.0 Å². The maximum absolute atomic E-state index is 11.6. The average molecular weight is 334 g/mol. The highest BCUT2D eigenvalue weighted by Crippen LogP contribution is 2.26. The first-order chi connectivity index (χ1) is 10.7. The van der Waals surface area contributed by atoms with E-state index < -0.39 is 0 Å². The molecule has 7 heteroatoms. The molecule has 3 rings (SSSR count). The van der Waals surface area contributed by atoms with Crippen molar-refractivity contribution in [2.24, 2.45) is 0 Å². The van der Waals surface area contributed by atoms with Crippen molar-refractivity contribution < 1.29 is 9.53 Å². The van der Waals surface area contributed by atoms with Crippen LogP contribution in [0.1, 0.15) is 17.3 Å². The number of carbonyl (C=O) groups excluding carboxylic acids is 1. The second-order valence-electron chi connectivity index (χ2n) is 4.41. The molecule has 0 aliphatic heterocycles. The molecule has 0 amide bonds. The average Bonchev–Trinajstić information content (AvgIpc) is 2.89. The smallest absolute Gasteiger partial charge is 0.339 e. The quantitative estimate of drug-likeness (QED) is 0.732. The van der Waals surface area contributed by atoms with E-state index in [2.05, 4.69) is 15.0 Å². The maximum atomic E-state index is 11.6. The number of benzene rings is 1. The molecule has 0 radical (unpaired) electrons. The molecule has 0 fully saturated rings. The molecule has 1 N–H and O–H groups in total. The van der Waals surface area contributed by atoms with Crippen molar-refractivity contribution in [3.8, 4) is 0 Å². The summed E-state index contributed by atoms with van der Waals surface area (Å²) in [7, 11) is 0. The number of fused-ring (bicyclic) bond motifs is 1. The summed E-state index contributed by atoms with van der Waals surface area (Å²) in [5.41, 5.74) is 2.15. The van der Waals surface area contributed by atoms with Crippen LogP contribution in [0.25, 0.3) is 11.0 Å². The molecule has 2 heterocycles. The van der Waals surface area contributed by atoms with E-state index >= 15 is 0 Å². The topological polar surface area (TPSA) is 67.9 Å². The van der Waals surface area contributed by atoms with Crippen LogP contribution < -0.4 is 0 Å². The molecule has 3 aromatic rings. The summed E-state index contributed by atoms with van der Waals surface area (Å²) >= 11 is 7.33. The van der Waals surface area contributed by atoms with Crippen LogP contribution in [0, 0.1) is 0 Å². The minimum atomic E-state index is -0.370. The van der Waals surface area contributed by atoms with E-state index in [0.717, 1.165) is 16.1 Å². The highest BCUT2D eigenvalue weighted by atomic mass is 35.5. The number of esters is 1. The van der Waals surface area contributed by atoms with Gasteiger partial charge in [0.15, 0.2) is 5.16 Å². The fourth-order valence-electron chi connectivity index (χ4n) is 1.88. The van der Waals surface area contributed by atoms with Crippen LogP contribution in [-0.4, -0.2) is 27.5 Å². The Kier molecular flexibility index (Phi) is 4.31. The number of halogens is 1. The molecule has 2 aromatic heterocycles. The Bertz CT molecular complexity index is 817. The van der Waals surface area contributed by atoms with Crippen LogP contribution in [-0.2, 0) is 4.74 Å². The van der Waals surface area contributed by atoms with Crippen LogP contribution in [0.4, 0.5) is 0 Å². The van der Waals surface area contributed by atoms with Gasteiger partial charge in [-0.3, -0.25) is 0 Å². The van der Waals surface area contributed by atoms with E-state index in [1.54, 1.807) is 25.1 Å². The monoisotopic (exact) mass is 333 g/mol. The molecule has 5 nitrogen and oxygen atoms in total. The molecule has 0 aliphatic rings. The Labute approximate surface area is 136 Å². The van der Waals surface area contributed by atoms with Gasteiger partial charge in [0.2, 0.25) is 0 Å². The number of pyridine rings is 1. The van der Waals surface area contributed by atoms with Gasteiger partial charge < -0.3 is 9.72 Å². The Hall–Kier alpha value is -2.05. The number of hydrogen-bond donors (Lipinski definition) is 1. The second kappa shape index (κ2) is 6.37. The first-order valence-corrected chi connectivity index (χ1v) is 7.81. The standard InChI is InChI=1S/C15H12ClN3O2S/c1-2-21-14(20)9-3-6-13(17-8-9)22-15-18-11-5-4-10(16)7-12(11)19-15/h3-8H,2H2,1H3,(H,18,19). The van der Waals surface area contributed by atoms with Gasteiger partial charge in [0, 0.05) is 11.2 Å². The van der Waals surface area contributed by atoms with E-state index in [-0.39, 0.29) is 5.97 Å². The summed E-state index contributed by atoms with van der Waals surface area (Å²) in [6, 6.07) is 8.93. The van der Waals surface area contributed by atoms with Crippen molar-refractivity contribution in [1.29, 1.82) is 0 Å². The number of aromatic nitrogens is 3. The largest absolute Gasteiger partial charge is 0.462 e. The summed E-state index contributed by atoms with van der Waals surface area (Å²) < 4.78 is 4.92. The molecule has 0 saturated heterocycles. The molecule has 0 aliphatic carbocycles. The van der Waals surface area contributed by atoms with Gasteiger partial charge in [0.25, 0.3) is 0 Å². The number of aromatic amines is 1. The summed E-state index contributed by atoms with van der Waals surface area (Å²) in [6.45, 7) is 2.11. The zero-order chi connectivity index (χ0) is 15.5. The SMILES string of the molecule is CCOC(=O)c1ccc(Sc2nc3ccc(Cl)cc3[nH]2)nc1. The minimum Gasteiger partial charge on any atom is -0.462 e. The van der Waals surface area contributed by atoms with E-state index in [1.807, 2.05) is 12.1 Å². The first kappa shape index (κ1) is 14.9. The summed E-state index contributed by atoms with van der Waals surface area (Å²) in [4.78, 5) is 23.4. The van der Waals surface area contributed by atoms with Crippen molar-refractivity contribution in [2.75, 3.05) is 6.61 Å². The summed E-state index contributed by atoms with van der Waals surface area (Å²) in [6.07, 6.45) is 1.50. The molecule has 112 valence electrons. The Balaban J connectivity index is 1.78. The van der Waals surface area contributed by atoms with E-state index in [0.29, 0.717) is 22.3 Å². The number of nitrogens with one attached hydrogen (secondary N) is 1. The lowest BCUT2D eigenvalue weighted by atomic mass is 10.3. The van der Waals surface area contributed by atoms with Crippen LogP contribution in [0.2, 0.25) is 5.02 Å². The lowest BCUT2D eigenvalue weighted by molar-refractivity contribution is 0.0525. The van der Waals surface area contributed by atoms with Crippen molar-refractivity contribution in [3.63, 3.8) is 0 Å². The van der Waals surface area contributed by atoms with Gasteiger partial charge in [-0.25, -0.2) is 14.8 Å². The van der Waals surface area contributed by atoms with Gasteiger partial charge in [-0.2, -0.15) is 0 Å². The third-order valence-electron chi connectivity index (χ3n) is 2.87. The van der Waals surface area contributed by atoms with Crippen molar-refractivity contribution in [3.05, 3.63) is 47.1 Å². The Morgan fingerprint density at radius 3 is 2.95 bits per heavy atom. The highest BCUT2D eigenvalue weighted by Gasteiger charge is 2.09. The minimum absolute atomic E-state index is 0.344. The zero-order valence-electron chi connectivity index (χ0n) is 11.7. The van der Waals surface area contributed by atoms with Gasteiger partial charge in [0.1, 0.15) is 5.03 Å². The van der Waals surface area contributed by atoms with E-state index in [9.17, 15) is 4.79 Å². The van der Waals surface area contributed by atoms with Crippen LogP contribution in [0.5, 0.6) is 0 Å². The van der Waals surface area contributed by atoms with Crippen LogP contribution >= 0.6 is 23.4 Å². The van der Waals surface area contributed by atoms with Gasteiger partial charge in [-0.05, 0) is 49.0 Å². The first-order valence-electron chi connectivity index (χ1n) is 6.62. The van der Waals surface area contributed by atoms with Crippen molar-refractivity contribution in [2.45, 2.75) is 17.1 Å². The predicted octanol–water partition coefficient (Wildman–Crippen LogP) is 3.94. The fraction of sp³-hybridized carbons (Fsp3) is 0.133. The number of H-pyrrole nitrogens is 1. The number of hydrogen-bond acceptors (Lipinski definition) is 5. The molecule has 22 heavy (non-hydrogen) atoms. The maximum Gasteiger partial charge on any atom is 0.339 e. The number of nitrogens with zero attached hydrogens (tertiary/aromatic N) is 2. The van der Waals surface area contributed by atoms with Gasteiger partial charge >= 0.3 is 5.97 Å². The zero-order valence-corrected chi connectivity index (χ0v) is 13.2. The normalized spacial score (nSPS) is 10.8. The third-order valence-corrected chi connectivity index (χ3v) is 3.94. The molecular weight excluding hydrogens is 322 g/mol. The number of carbonyl (C=O) groups is 1. The van der Waals surface area contributed by atoms with Crippen LogP contribution in [0.15, 0.2) is 46.7 Å². The Morgan fingerprint density at radius 1 is 1.36 bits per heavy atom. The van der Waals surface area contributed by atoms with E-state index in [4.69, 9.17) is 16.3 Å². The molecule has 0 bridgehead atoms. The van der Waals surface area contributed by atoms with Crippen molar-refractivity contribution in [1.82, 2.24) is 15.0 Å². The van der Waals surface area contributed by atoms with Gasteiger partial charge in [-0.1, -0.05) is 11.6 Å². The highest BCUT2D eigenvalue weighted by molar-refractivity contribution is 7.99. The number of rotatable bonds is 4. The second-order valence-corrected chi connectivity index (χ2v) is 5.86. The lowest BCUT2D eigenvalue weighted by Crippen LogP contribution is -2.04. The molecule has 0 unspecified atom stereocenters. The van der Waals surface area contributed by atoms with Crippen molar-refractivity contribution >= 4 is 40.4 Å². The summed E-state index contributed by atoms with van der Waals surface area (Å²) in [5, 5.41) is 2.11. The van der Waals surface area contributed by atoms with Crippen LogP contribution in [0.3, 0.4) is 0 Å². The molecule has 0 atom stereocenters. The molecular formula is C15H12ClN3O2S. The molecule has 1 aromatic carbocycles. The Morgan fingerprint density at radius 2 is 2.23 bits per heavy atom. The fourth-order valence-corrected chi connectivity index (χ4v) is 2.80. The lowest BCUT2D eigenvalue weighted by Gasteiger charge is -2.02. The molecule has 0 saturated carbocycles. The number of imidazole rings is 1. The summed E-state index contributed by atoms with van der Waals surface area (Å²) in [5.74, 6) is -0.370. The molecule has 0 spiro atoms. The van der Waals surface area contributed by atoms with Gasteiger partial charge in [0.05, 0.1) is 23.2 Å². The number of ether oxygens (including phenoxy) is 1. The predicted molar refractivity (Wildman–Crippen MR) is 85.4 cm³/mol. The van der Waals surface area contributed by atoms with Gasteiger partial charge in [-0.15, -0.1) is 0 Å². The third kappa shape index (κ3) is 3.23.